The number of amides is 2. The lowest BCUT2D eigenvalue weighted by atomic mass is 9.86. The van der Waals surface area contributed by atoms with Gasteiger partial charge in [-0.2, -0.15) is 0 Å². The van der Waals surface area contributed by atoms with Crippen LogP contribution in [-0.4, -0.2) is 35.0 Å². The normalized spacial score (nSPS) is 11.1. The first-order chi connectivity index (χ1) is 12.3. The number of anilines is 1. The fraction of sp³-hybridized carbons (Fsp3) is 0.333. The van der Waals surface area contributed by atoms with Gasteiger partial charge in [0, 0.05) is 18.8 Å². The molecule has 0 spiro atoms. The molecule has 0 heterocycles. The van der Waals surface area contributed by atoms with E-state index in [1.165, 1.54) is 4.90 Å². The highest BCUT2D eigenvalue weighted by molar-refractivity contribution is 6.39. The summed E-state index contributed by atoms with van der Waals surface area (Å²) < 4.78 is 0. The third-order valence-corrected chi connectivity index (χ3v) is 4.05. The monoisotopic (exact) mass is 354 g/mol. The minimum absolute atomic E-state index is 0.0993. The number of para-hydroxylation sites is 1. The Kier molecular flexibility index (Phi) is 6.52. The van der Waals surface area contributed by atoms with Crippen LogP contribution in [-0.2, 0) is 21.5 Å². The summed E-state index contributed by atoms with van der Waals surface area (Å²) in [7, 11) is 0. The summed E-state index contributed by atoms with van der Waals surface area (Å²) in [6.45, 7) is 6.31. The molecule has 0 unspecified atom stereocenters. The van der Waals surface area contributed by atoms with E-state index in [4.69, 9.17) is 0 Å². The van der Waals surface area contributed by atoms with Gasteiger partial charge in [0.2, 0.25) is 0 Å². The Bertz CT molecular complexity index is 751. The van der Waals surface area contributed by atoms with Crippen LogP contribution in [0.4, 0.5) is 5.69 Å². The Balaban J connectivity index is 2.16. The molecule has 2 aromatic carbocycles. The molecule has 0 saturated heterocycles. The number of aliphatic hydroxyl groups excluding tert-OH is 1. The molecule has 0 aromatic heterocycles. The molecule has 2 amide bonds. The number of nitrogens with one attached hydrogen (secondary N) is 1. The quantitative estimate of drug-likeness (QED) is 0.811. The summed E-state index contributed by atoms with van der Waals surface area (Å²) in [5.74, 6) is -1.36. The number of carbonyl (C=O) groups is 2. The maximum Gasteiger partial charge on any atom is 0.313 e. The van der Waals surface area contributed by atoms with Gasteiger partial charge in [-0.05, 0) is 22.6 Å². The predicted molar refractivity (Wildman–Crippen MR) is 103 cm³/mol. The maximum absolute atomic E-state index is 12.6. The lowest BCUT2D eigenvalue weighted by Crippen LogP contribution is -2.41. The van der Waals surface area contributed by atoms with E-state index >= 15 is 0 Å². The first-order valence-electron chi connectivity index (χ1n) is 8.67. The lowest BCUT2D eigenvalue weighted by molar-refractivity contribution is -0.143. The van der Waals surface area contributed by atoms with Gasteiger partial charge in [0.05, 0.1) is 6.61 Å². The molecular weight excluding hydrogens is 328 g/mol. The van der Waals surface area contributed by atoms with Crippen molar-refractivity contribution in [2.24, 2.45) is 0 Å². The molecule has 0 atom stereocenters. The van der Waals surface area contributed by atoms with Gasteiger partial charge >= 0.3 is 11.8 Å². The third-order valence-electron chi connectivity index (χ3n) is 4.05. The Labute approximate surface area is 154 Å². The molecule has 5 nitrogen and oxygen atoms in total. The van der Waals surface area contributed by atoms with E-state index in [1.807, 2.05) is 69.3 Å². The van der Waals surface area contributed by atoms with Crippen LogP contribution in [0.3, 0.4) is 0 Å². The predicted octanol–water partition coefficient (Wildman–Crippen LogP) is 2.94. The summed E-state index contributed by atoms with van der Waals surface area (Å²) in [6.07, 6.45) is 0. The molecule has 5 heteroatoms. The number of benzene rings is 2. The molecular formula is C21H26N2O3. The van der Waals surface area contributed by atoms with Crippen molar-refractivity contribution in [2.45, 2.75) is 32.7 Å². The van der Waals surface area contributed by atoms with Gasteiger partial charge < -0.3 is 15.3 Å². The van der Waals surface area contributed by atoms with E-state index in [2.05, 4.69) is 5.32 Å². The molecule has 0 bridgehead atoms. The van der Waals surface area contributed by atoms with Crippen molar-refractivity contribution in [1.29, 1.82) is 0 Å². The smallest absolute Gasteiger partial charge is 0.313 e. The number of nitrogens with zero attached hydrogens (tertiary/aromatic N) is 1. The second kappa shape index (κ2) is 8.63. The standard InChI is InChI=1S/C21H26N2O3/c1-21(2,3)17-11-7-8-12-18(17)22-19(25)20(26)23(13-14-24)15-16-9-5-4-6-10-16/h4-12,24H,13-15H2,1-3H3,(H,22,25). The second-order valence-electron chi connectivity index (χ2n) is 7.19. The Hall–Kier alpha value is -2.66. The van der Waals surface area contributed by atoms with Gasteiger partial charge in [0.15, 0.2) is 0 Å². The fourth-order valence-corrected chi connectivity index (χ4v) is 2.74. The first kappa shape index (κ1) is 19.7. The van der Waals surface area contributed by atoms with Crippen molar-refractivity contribution < 1.29 is 14.7 Å². The van der Waals surface area contributed by atoms with Gasteiger partial charge in [-0.1, -0.05) is 69.3 Å². The van der Waals surface area contributed by atoms with E-state index in [9.17, 15) is 14.7 Å². The van der Waals surface area contributed by atoms with Gasteiger partial charge in [0.25, 0.3) is 0 Å². The number of carbonyl (C=O) groups excluding carboxylic acids is 2. The van der Waals surface area contributed by atoms with Gasteiger partial charge in [-0.15, -0.1) is 0 Å². The van der Waals surface area contributed by atoms with Crippen LogP contribution >= 0.6 is 0 Å². The van der Waals surface area contributed by atoms with Crippen molar-refractivity contribution in [3.8, 4) is 0 Å². The highest BCUT2D eigenvalue weighted by Crippen LogP contribution is 2.29. The van der Waals surface area contributed by atoms with Gasteiger partial charge in [-0.3, -0.25) is 9.59 Å². The SMILES string of the molecule is CC(C)(C)c1ccccc1NC(=O)C(=O)N(CCO)Cc1ccccc1. The lowest BCUT2D eigenvalue weighted by Gasteiger charge is -2.24. The molecule has 0 aliphatic rings. The number of rotatable bonds is 5. The molecule has 0 aliphatic carbocycles. The van der Waals surface area contributed by atoms with E-state index in [1.54, 1.807) is 6.07 Å². The summed E-state index contributed by atoms with van der Waals surface area (Å²) in [4.78, 5) is 26.5. The van der Waals surface area contributed by atoms with Crippen LogP contribution in [0.15, 0.2) is 54.6 Å². The average Bonchev–Trinajstić information content (AvgIpc) is 2.61. The molecule has 2 aromatic rings. The van der Waals surface area contributed by atoms with Crippen LogP contribution in [0.5, 0.6) is 0 Å². The zero-order chi connectivity index (χ0) is 19.2. The van der Waals surface area contributed by atoms with E-state index in [-0.39, 0.29) is 25.1 Å². The molecule has 2 N–H and O–H groups in total. The molecule has 0 aliphatic heterocycles. The maximum atomic E-state index is 12.6. The fourth-order valence-electron chi connectivity index (χ4n) is 2.74. The van der Waals surface area contributed by atoms with Crippen molar-refractivity contribution >= 4 is 17.5 Å². The van der Waals surface area contributed by atoms with Crippen molar-refractivity contribution in [3.63, 3.8) is 0 Å². The summed E-state index contributed by atoms with van der Waals surface area (Å²) in [5, 5.41) is 12.0. The molecule has 138 valence electrons. The number of aliphatic hydroxyl groups is 1. The van der Waals surface area contributed by atoms with Crippen LogP contribution < -0.4 is 5.32 Å². The number of hydrogen-bond donors (Lipinski definition) is 2. The van der Waals surface area contributed by atoms with E-state index < -0.39 is 11.8 Å². The Morgan fingerprint density at radius 3 is 2.23 bits per heavy atom. The number of hydrogen-bond acceptors (Lipinski definition) is 3. The summed E-state index contributed by atoms with van der Waals surface area (Å²) in [5.41, 5.74) is 2.32. The largest absolute Gasteiger partial charge is 0.395 e. The first-order valence-corrected chi connectivity index (χ1v) is 8.67. The topological polar surface area (TPSA) is 69.6 Å². The van der Waals surface area contributed by atoms with Crippen LogP contribution in [0.25, 0.3) is 0 Å². The zero-order valence-electron chi connectivity index (χ0n) is 15.5. The van der Waals surface area contributed by atoms with Crippen molar-refractivity contribution in [1.82, 2.24) is 4.90 Å². The van der Waals surface area contributed by atoms with E-state index in [0.29, 0.717) is 5.69 Å². The highest BCUT2D eigenvalue weighted by atomic mass is 16.3. The molecule has 0 saturated carbocycles. The van der Waals surface area contributed by atoms with Crippen LogP contribution in [0.1, 0.15) is 31.9 Å². The average molecular weight is 354 g/mol. The summed E-state index contributed by atoms with van der Waals surface area (Å²) in [6, 6.07) is 16.9. The third kappa shape index (κ3) is 5.17. The van der Waals surface area contributed by atoms with Crippen LogP contribution in [0, 0.1) is 0 Å². The molecule has 2 rings (SSSR count). The summed E-state index contributed by atoms with van der Waals surface area (Å²) >= 11 is 0. The molecule has 0 radical (unpaired) electrons. The van der Waals surface area contributed by atoms with Crippen molar-refractivity contribution in [2.75, 3.05) is 18.5 Å². The highest BCUT2D eigenvalue weighted by Gasteiger charge is 2.24. The second-order valence-corrected chi connectivity index (χ2v) is 7.19. The van der Waals surface area contributed by atoms with Crippen LogP contribution in [0.2, 0.25) is 0 Å². The van der Waals surface area contributed by atoms with Gasteiger partial charge in [0.1, 0.15) is 0 Å². The minimum Gasteiger partial charge on any atom is -0.395 e. The minimum atomic E-state index is -0.703. The molecule has 0 fully saturated rings. The molecule has 26 heavy (non-hydrogen) atoms. The van der Waals surface area contributed by atoms with Crippen molar-refractivity contribution in [3.05, 3.63) is 65.7 Å². The van der Waals surface area contributed by atoms with E-state index in [0.717, 1.165) is 11.1 Å². The Morgan fingerprint density at radius 2 is 1.62 bits per heavy atom. The zero-order valence-corrected chi connectivity index (χ0v) is 15.5. The van der Waals surface area contributed by atoms with Gasteiger partial charge in [-0.25, -0.2) is 0 Å². The Morgan fingerprint density at radius 1 is 1.00 bits per heavy atom.